The van der Waals surface area contributed by atoms with Gasteiger partial charge in [0.1, 0.15) is 12.4 Å². The number of aromatic nitrogens is 2. The number of carbonyl (C=O) groups excluding carboxylic acids is 1. The van der Waals surface area contributed by atoms with E-state index in [4.69, 9.17) is 4.74 Å². The van der Waals surface area contributed by atoms with Crippen molar-refractivity contribution in [1.29, 1.82) is 0 Å². The maximum absolute atomic E-state index is 11.2. The Labute approximate surface area is 89.4 Å². The predicted molar refractivity (Wildman–Crippen MR) is 56.5 cm³/mol. The van der Waals surface area contributed by atoms with Gasteiger partial charge in [0.05, 0.1) is 0 Å². The van der Waals surface area contributed by atoms with Crippen LogP contribution in [0.3, 0.4) is 0 Å². The second-order valence-corrected chi connectivity index (χ2v) is 3.15. The molecule has 15 heavy (non-hydrogen) atoms. The highest BCUT2D eigenvalue weighted by molar-refractivity contribution is 5.77. The lowest BCUT2D eigenvalue weighted by molar-refractivity contribution is -0.125. The van der Waals surface area contributed by atoms with Crippen LogP contribution in [0.15, 0.2) is 12.4 Å². The van der Waals surface area contributed by atoms with E-state index in [1.807, 2.05) is 24.6 Å². The van der Waals surface area contributed by atoms with Crippen molar-refractivity contribution in [2.45, 2.75) is 20.4 Å². The molecule has 1 rings (SSSR count). The van der Waals surface area contributed by atoms with E-state index in [1.54, 1.807) is 6.20 Å². The zero-order valence-electron chi connectivity index (χ0n) is 9.19. The summed E-state index contributed by atoms with van der Waals surface area (Å²) in [5.41, 5.74) is 0. The molecule has 0 saturated heterocycles. The van der Waals surface area contributed by atoms with Crippen molar-refractivity contribution < 1.29 is 9.53 Å². The third-order valence-corrected chi connectivity index (χ3v) is 2.04. The van der Waals surface area contributed by atoms with Crippen LogP contribution in [0.25, 0.3) is 0 Å². The van der Waals surface area contributed by atoms with Crippen LogP contribution in [0.5, 0.6) is 0 Å². The summed E-state index contributed by atoms with van der Waals surface area (Å²) >= 11 is 0. The van der Waals surface area contributed by atoms with Crippen molar-refractivity contribution in [2.75, 3.05) is 19.8 Å². The van der Waals surface area contributed by atoms with Gasteiger partial charge in [0.15, 0.2) is 0 Å². The summed E-state index contributed by atoms with van der Waals surface area (Å²) in [4.78, 5) is 15.2. The molecule has 0 aliphatic carbocycles. The summed E-state index contributed by atoms with van der Waals surface area (Å²) in [6.07, 6.45) is 3.64. The first-order valence-electron chi connectivity index (χ1n) is 5.06. The Morgan fingerprint density at radius 1 is 1.67 bits per heavy atom. The Bertz CT molecular complexity index is 309. The summed E-state index contributed by atoms with van der Waals surface area (Å²) in [7, 11) is 0. The van der Waals surface area contributed by atoms with E-state index >= 15 is 0 Å². The lowest BCUT2D eigenvalue weighted by Gasteiger charge is -2.07. The molecule has 0 saturated carbocycles. The highest BCUT2D eigenvalue weighted by Crippen LogP contribution is 1.93. The number of imidazole rings is 1. The summed E-state index contributed by atoms with van der Waals surface area (Å²) < 4.78 is 6.96. The van der Waals surface area contributed by atoms with Crippen LogP contribution in [0.4, 0.5) is 0 Å². The van der Waals surface area contributed by atoms with Gasteiger partial charge >= 0.3 is 0 Å². The van der Waals surface area contributed by atoms with E-state index in [-0.39, 0.29) is 12.5 Å². The molecule has 0 atom stereocenters. The quantitative estimate of drug-likeness (QED) is 0.738. The van der Waals surface area contributed by atoms with E-state index < -0.39 is 0 Å². The number of ether oxygens (including phenoxy) is 1. The first kappa shape index (κ1) is 11.7. The third kappa shape index (κ3) is 4.12. The lowest BCUT2D eigenvalue weighted by Crippen LogP contribution is -2.30. The zero-order valence-corrected chi connectivity index (χ0v) is 9.19. The van der Waals surface area contributed by atoms with Crippen LogP contribution in [-0.4, -0.2) is 35.2 Å². The van der Waals surface area contributed by atoms with Crippen LogP contribution in [-0.2, 0) is 16.1 Å². The van der Waals surface area contributed by atoms with Crippen LogP contribution in [0.2, 0.25) is 0 Å². The number of hydrogen-bond acceptors (Lipinski definition) is 3. The molecular formula is C10H17N3O2. The van der Waals surface area contributed by atoms with Gasteiger partial charge in [-0.2, -0.15) is 0 Å². The average Bonchev–Trinajstić information content (AvgIpc) is 2.61. The minimum absolute atomic E-state index is 0.0744. The second kappa shape index (κ2) is 6.19. The molecule has 0 radical (unpaired) electrons. The fraction of sp³-hybridized carbons (Fsp3) is 0.600. The number of aryl methyl sites for hydroxylation is 1. The third-order valence-electron chi connectivity index (χ3n) is 2.04. The topological polar surface area (TPSA) is 56.1 Å². The van der Waals surface area contributed by atoms with Crippen molar-refractivity contribution in [2.24, 2.45) is 0 Å². The Kier molecular flexibility index (Phi) is 4.83. The second-order valence-electron chi connectivity index (χ2n) is 3.15. The highest BCUT2D eigenvalue weighted by atomic mass is 16.5. The highest BCUT2D eigenvalue weighted by Gasteiger charge is 2.00. The Balaban J connectivity index is 2.16. The molecule has 0 fully saturated rings. The molecule has 1 aromatic heterocycles. The van der Waals surface area contributed by atoms with Crippen molar-refractivity contribution in [3.63, 3.8) is 0 Å². The monoisotopic (exact) mass is 211 g/mol. The van der Waals surface area contributed by atoms with E-state index in [0.29, 0.717) is 13.2 Å². The number of rotatable bonds is 6. The summed E-state index contributed by atoms with van der Waals surface area (Å²) in [5.74, 6) is 0.878. The fourth-order valence-corrected chi connectivity index (χ4v) is 1.20. The van der Waals surface area contributed by atoms with E-state index in [0.717, 1.165) is 12.4 Å². The molecule has 84 valence electrons. The van der Waals surface area contributed by atoms with Gasteiger partial charge in [-0.25, -0.2) is 4.98 Å². The molecule has 1 N–H and O–H groups in total. The maximum atomic E-state index is 11.2. The number of hydrogen-bond donors (Lipinski definition) is 1. The zero-order chi connectivity index (χ0) is 11.1. The standard InChI is InChI=1S/C10H17N3O2/c1-3-15-8-10(14)12-5-7-13-6-4-11-9(13)2/h4,6H,3,5,7-8H2,1-2H3,(H,12,14). The van der Waals surface area contributed by atoms with Gasteiger partial charge in [0.25, 0.3) is 0 Å². The van der Waals surface area contributed by atoms with E-state index in [9.17, 15) is 4.79 Å². The van der Waals surface area contributed by atoms with Crippen LogP contribution < -0.4 is 5.32 Å². The molecule has 0 unspecified atom stereocenters. The predicted octanol–water partition coefficient (Wildman–Crippen LogP) is 0.344. The van der Waals surface area contributed by atoms with Gasteiger partial charge in [0.2, 0.25) is 5.91 Å². The van der Waals surface area contributed by atoms with Gasteiger partial charge in [-0.3, -0.25) is 4.79 Å². The number of nitrogens with zero attached hydrogens (tertiary/aromatic N) is 2. The fourth-order valence-electron chi connectivity index (χ4n) is 1.20. The molecule has 1 heterocycles. The molecule has 0 aliphatic heterocycles. The first-order valence-corrected chi connectivity index (χ1v) is 5.06. The van der Waals surface area contributed by atoms with E-state index in [2.05, 4.69) is 10.3 Å². The van der Waals surface area contributed by atoms with E-state index in [1.165, 1.54) is 0 Å². The average molecular weight is 211 g/mol. The minimum atomic E-state index is -0.0744. The molecular weight excluding hydrogens is 194 g/mol. The smallest absolute Gasteiger partial charge is 0.246 e. The lowest BCUT2D eigenvalue weighted by atomic mass is 10.5. The molecule has 0 bridgehead atoms. The van der Waals surface area contributed by atoms with Gasteiger partial charge in [-0.05, 0) is 13.8 Å². The summed E-state index contributed by atoms with van der Waals surface area (Å²) in [6, 6.07) is 0. The van der Waals surface area contributed by atoms with Crippen molar-refractivity contribution >= 4 is 5.91 Å². The molecule has 1 aromatic rings. The maximum Gasteiger partial charge on any atom is 0.246 e. The normalized spacial score (nSPS) is 10.3. The van der Waals surface area contributed by atoms with Crippen LogP contribution >= 0.6 is 0 Å². The summed E-state index contributed by atoms with van der Waals surface area (Å²) in [6.45, 7) is 5.84. The summed E-state index contributed by atoms with van der Waals surface area (Å²) in [5, 5.41) is 2.77. The van der Waals surface area contributed by atoms with Gasteiger partial charge < -0.3 is 14.6 Å². The first-order chi connectivity index (χ1) is 7.24. The number of carbonyl (C=O) groups is 1. The molecule has 0 aliphatic rings. The number of amides is 1. The van der Waals surface area contributed by atoms with Crippen molar-refractivity contribution in [3.05, 3.63) is 18.2 Å². The van der Waals surface area contributed by atoms with Crippen molar-refractivity contribution in [1.82, 2.24) is 14.9 Å². The van der Waals surface area contributed by atoms with Crippen molar-refractivity contribution in [3.8, 4) is 0 Å². The SMILES string of the molecule is CCOCC(=O)NCCn1ccnc1C. The van der Waals surface area contributed by atoms with Gasteiger partial charge in [-0.15, -0.1) is 0 Å². The molecule has 0 aromatic carbocycles. The molecule has 1 amide bonds. The Hall–Kier alpha value is -1.36. The van der Waals surface area contributed by atoms with Crippen LogP contribution in [0, 0.1) is 6.92 Å². The van der Waals surface area contributed by atoms with Gasteiger partial charge in [-0.1, -0.05) is 0 Å². The molecule has 5 nitrogen and oxygen atoms in total. The van der Waals surface area contributed by atoms with Gasteiger partial charge in [0, 0.05) is 32.1 Å². The Morgan fingerprint density at radius 3 is 3.07 bits per heavy atom. The number of nitrogens with one attached hydrogen (secondary N) is 1. The molecule has 5 heteroatoms. The largest absolute Gasteiger partial charge is 0.372 e. The van der Waals surface area contributed by atoms with Crippen LogP contribution in [0.1, 0.15) is 12.7 Å². The Morgan fingerprint density at radius 2 is 2.47 bits per heavy atom. The molecule has 0 spiro atoms. The minimum Gasteiger partial charge on any atom is -0.372 e.